The molecule has 2 fully saturated rings. The molecule has 7 nitrogen and oxygen atoms in total. The Morgan fingerprint density at radius 3 is 2.47 bits per heavy atom. The zero-order chi connectivity index (χ0) is 20.7. The van der Waals surface area contributed by atoms with Gasteiger partial charge >= 0.3 is 0 Å². The Morgan fingerprint density at radius 2 is 1.80 bits per heavy atom. The van der Waals surface area contributed by atoms with E-state index in [2.05, 4.69) is 15.3 Å². The molecule has 2 aromatic rings. The first-order valence-electron chi connectivity index (χ1n) is 10.5. The van der Waals surface area contributed by atoms with Crippen LogP contribution in [-0.2, 0) is 16.6 Å². The van der Waals surface area contributed by atoms with Gasteiger partial charge in [-0.3, -0.25) is 4.90 Å². The van der Waals surface area contributed by atoms with Crippen LogP contribution in [0.5, 0.6) is 11.5 Å². The fourth-order valence-corrected chi connectivity index (χ4v) is 6.93. The molecule has 5 rings (SSSR count). The number of ether oxygens (including phenoxy) is 2. The Hall–Kier alpha value is -1.68. The van der Waals surface area contributed by atoms with Crippen LogP contribution >= 0.6 is 11.3 Å². The lowest BCUT2D eigenvalue weighted by molar-refractivity contribution is 0.171. The zero-order valence-corrected chi connectivity index (χ0v) is 18.8. The number of nitrogens with zero attached hydrogens (tertiary/aromatic N) is 3. The van der Waals surface area contributed by atoms with Crippen LogP contribution in [0.3, 0.4) is 0 Å². The van der Waals surface area contributed by atoms with Gasteiger partial charge < -0.3 is 9.47 Å². The highest BCUT2D eigenvalue weighted by Crippen LogP contribution is 2.37. The second kappa shape index (κ2) is 8.11. The van der Waals surface area contributed by atoms with Crippen molar-refractivity contribution in [3.63, 3.8) is 0 Å². The zero-order valence-electron chi connectivity index (χ0n) is 17.1. The number of hydrogen-bond acceptors (Lipinski definition) is 7. The minimum absolute atomic E-state index is 0.295. The molecule has 0 spiro atoms. The number of fused-ring (bicyclic) bond motifs is 2. The average Bonchev–Trinajstić information content (AvgIpc) is 3.31. The molecule has 3 aliphatic heterocycles. The fraction of sp³-hybridized carbons (Fsp3) is 0.571. The average molecular weight is 450 g/mol. The van der Waals surface area contributed by atoms with E-state index in [-0.39, 0.29) is 0 Å². The van der Waals surface area contributed by atoms with Gasteiger partial charge in [0.05, 0.1) is 15.6 Å². The first-order valence-corrected chi connectivity index (χ1v) is 12.8. The molecule has 1 aromatic carbocycles. The van der Waals surface area contributed by atoms with Gasteiger partial charge in [-0.2, -0.15) is 4.31 Å². The maximum absolute atomic E-state index is 13.3. The Labute approximate surface area is 181 Å². The Kier molecular flexibility index (Phi) is 5.47. The topological polar surface area (TPSA) is 72.0 Å². The summed E-state index contributed by atoms with van der Waals surface area (Å²) in [5.74, 6) is 1.96. The van der Waals surface area contributed by atoms with Gasteiger partial charge in [-0.05, 0) is 56.8 Å². The summed E-state index contributed by atoms with van der Waals surface area (Å²) in [5.41, 5.74) is 1.15. The van der Waals surface area contributed by atoms with E-state index in [1.807, 2.05) is 6.92 Å². The van der Waals surface area contributed by atoms with E-state index in [0.717, 1.165) is 43.2 Å². The Bertz CT molecular complexity index is 1010. The lowest BCUT2D eigenvalue weighted by atomic mass is 9.92. The molecule has 3 aliphatic rings. The highest BCUT2D eigenvalue weighted by molar-refractivity contribution is 7.89. The number of benzene rings is 1. The van der Waals surface area contributed by atoms with E-state index < -0.39 is 10.0 Å². The number of thiazole rings is 1. The smallest absolute Gasteiger partial charge is 0.243 e. The number of aromatic nitrogens is 1. The molecule has 162 valence electrons. The van der Waals surface area contributed by atoms with Gasteiger partial charge in [0.2, 0.25) is 10.0 Å². The van der Waals surface area contributed by atoms with Crippen molar-refractivity contribution in [2.24, 2.45) is 11.8 Å². The number of hydrogen-bond donors (Lipinski definition) is 0. The number of sulfonamides is 1. The SMILES string of the molecule is Cc1nc(CN2CC[C@@H]3CN(S(=O)(=O)c4ccc5c(c4)OCCO5)C[C@@H]3CC2)cs1. The van der Waals surface area contributed by atoms with Crippen molar-refractivity contribution >= 4 is 21.4 Å². The van der Waals surface area contributed by atoms with Crippen LogP contribution in [0.4, 0.5) is 0 Å². The molecule has 0 N–H and O–H groups in total. The third-order valence-corrected chi connectivity index (χ3v) is 9.03. The van der Waals surface area contributed by atoms with Crippen LogP contribution in [-0.4, -0.2) is 62.0 Å². The number of likely N-dealkylation sites (tertiary alicyclic amines) is 1. The highest BCUT2D eigenvalue weighted by atomic mass is 32.2. The molecule has 0 bridgehead atoms. The predicted molar refractivity (Wildman–Crippen MR) is 115 cm³/mol. The number of rotatable bonds is 4. The minimum Gasteiger partial charge on any atom is -0.486 e. The van der Waals surface area contributed by atoms with Gasteiger partial charge in [0, 0.05) is 31.1 Å². The predicted octanol–water partition coefficient (Wildman–Crippen LogP) is 2.76. The molecule has 30 heavy (non-hydrogen) atoms. The van der Waals surface area contributed by atoms with E-state index in [0.29, 0.717) is 54.5 Å². The summed E-state index contributed by atoms with van der Waals surface area (Å²) in [5, 5.41) is 3.25. The standard InChI is InChI=1S/C21H27N3O4S2/c1-15-22-18(14-29-15)13-23-6-4-16-11-24(12-17(16)5-7-23)30(25,26)19-2-3-20-21(10-19)28-9-8-27-20/h2-3,10,14,16-17H,4-9,11-13H2,1H3/t16-,17+. The summed E-state index contributed by atoms with van der Waals surface area (Å²) in [6.07, 6.45) is 2.06. The maximum atomic E-state index is 13.3. The molecule has 0 aliphatic carbocycles. The van der Waals surface area contributed by atoms with Gasteiger partial charge in [-0.1, -0.05) is 0 Å². The van der Waals surface area contributed by atoms with Crippen LogP contribution in [0.2, 0.25) is 0 Å². The van der Waals surface area contributed by atoms with Crippen LogP contribution in [0.25, 0.3) is 0 Å². The summed E-state index contributed by atoms with van der Waals surface area (Å²) < 4.78 is 39.3. The first-order chi connectivity index (χ1) is 14.5. The molecular formula is C21H27N3O4S2. The van der Waals surface area contributed by atoms with Crippen molar-refractivity contribution in [3.05, 3.63) is 34.3 Å². The Balaban J connectivity index is 1.25. The van der Waals surface area contributed by atoms with Gasteiger partial charge in [0.1, 0.15) is 13.2 Å². The van der Waals surface area contributed by atoms with E-state index in [1.165, 1.54) is 0 Å². The third-order valence-electron chi connectivity index (χ3n) is 6.38. The van der Waals surface area contributed by atoms with Gasteiger partial charge in [-0.25, -0.2) is 13.4 Å². The van der Waals surface area contributed by atoms with Crippen molar-refractivity contribution in [3.8, 4) is 11.5 Å². The van der Waals surface area contributed by atoms with Crippen LogP contribution in [0.15, 0.2) is 28.5 Å². The Morgan fingerprint density at radius 1 is 1.10 bits per heavy atom. The van der Waals surface area contributed by atoms with Crippen molar-refractivity contribution in [1.29, 1.82) is 0 Å². The van der Waals surface area contributed by atoms with E-state index in [9.17, 15) is 8.42 Å². The van der Waals surface area contributed by atoms with E-state index in [4.69, 9.17) is 9.47 Å². The molecule has 0 amide bonds. The van der Waals surface area contributed by atoms with Crippen molar-refractivity contribution in [1.82, 2.24) is 14.2 Å². The summed E-state index contributed by atoms with van der Waals surface area (Å²) in [7, 11) is -3.53. The molecule has 0 saturated carbocycles. The summed E-state index contributed by atoms with van der Waals surface area (Å²) in [6.45, 7) is 7.07. The summed E-state index contributed by atoms with van der Waals surface area (Å²) in [4.78, 5) is 7.35. The summed E-state index contributed by atoms with van der Waals surface area (Å²) >= 11 is 1.70. The molecular weight excluding hydrogens is 422 g/mol. The van der Waals surface area contributed by atoms with Crippen molar-refractivity contribution in [2.45, 2.75) is 31.2 Å². The van der Waals surface area contributed by atoms with Crippen LogP contribution in [0.1, 0.15) is 23.5 Å². The molecule has 1 aromatic heterocycles. The van der Waals surface area contributed by atoms with Crippen LogP contribution < -0.4 is 9.47 Å². The molecule has 4 heterocycles. The highest BCUT2D eigenvalue weighted by Gasteiger charge is 2.40. The van der Waals surface area contributed by atoms with Gasteiger partial charge in [-0.15, -0.1) is 11.3 Å². The fourth-order valence-electron chi connectivity index (χ4n) is 4.76. The monoisotopic (exact) mass is 449 g/mol. The van der Waals surface area contributed by atoms with Crippen LogP contribution in [0, 0.1) is 18.8 Å². The largest absolute Gasteiger partial charge is 0.486 e. The van der Waals surface area contributed by atoms with Crippen molar-refractivity contribution < 1.29 is 17.9 Å². The van der Waals surface area contributed by atoms with E-state index in [1.54, 1.807) is 33.8 Å². The van der Waals surface area contributed by atoms with Crippen molar-refractivity contribution in [2.75, 3.05) is 39.4 Å². The summed E-state index contributed by atoms with van der Waals surface area (Å²) in [6, 6.07) is 4.94. The van der Waals surface area contributed by atoms with E-state index >= 15 is 0 Å². The molecule has 2 atom stereocenters. The first kappa shape index (κ1) is 20.2. The van der Waals surface area contributed by atoms with Gasteiger partial charge in [0.25, 0.3) is 0 Å². The molecule has 0 radical (unpaired) electrons. The quantitative estimate of drug-likeness (QED) is 0.715. The second-order valence-corrected chi connectivity index (χ2v) is 11.4. The molecule has 0 unspecified atom stereocenters. The number of aryl methyl sites for hydroxylation is 1. The minimum atomic E-state index is -3.53. The normalized spacial score (nSPS) is 25.1. The lowest BCUT2D eigenvalue weighted by Gasteiger charge is -2.22. The van der Waals surface area contributed by atoms with Gasteiger partial charge in [0.15, 0.2) is 11.5 Å². The molecule has 9 heteroatoms. The third kappa shape index (κ3) is 3.95. The second-order valence-electron chi connectivity index (χ2n) is 8.36. The lowest BCUT2D eigenvalue weighted by Crippen LogP contribution is -2.31. The maximum Gasteiger partial charge on any atom is 0.243 e. The molecule has 2 saturated heterocycles.